The third kappa shape index (κ3) is 6.50. The average molecular weight is 573 g/mol. The second kappa shape index (κ2) is 11.2. The maximum Gasteiger partial charge on any atom is 0.262 e. The maximum atomic E-state index is 12.4. The molecule has 5 nitrogen and oxygen atoms in total. The van der Waals surface area contributed by atoms with Crippen LogP contribution in [0.3, 0.4) is 0 Å². The molecule has 3 aromatic carbocycles. The topological polar surface area (TPSA) is 71.3 Å². The summed E-state index contributed by atoms with van der Waals surface area (Å²) in [6.07, 6.45) is 1.80. The van der Waals surface area contributed by atoms with E-state index >= 15 is 0 Å². The lowest BCUT2D eigenvalue weighted by Crippen LogP contribution is -2.20. The number of carbonyl (C=O) groups is 1. The Kier molecular flexibility index (Phi) is 8.37. The summed E-state index contributed by atoms with van der Waals surface area (Å²) in [5.74, 6) is 0.615. The smallest absolute Gasteiger partial charge is 0.262 e. The molecule has 0 radical (unpaired) electrons. The van der Waals surface area contributed by atoms with E-state index in [0.29, 0.717) is 27.8 Å². The molecule has 1 amide bonds. The third-order valence-electron chi connectivity index (χ3n) is 4.85. The van der Waals surface area contributed by atoms with Crippen molar-refractivity contribution in [2.45, 2.75) is 13.8 Å². The van der Waals surface area contributed by atoms with Crippen molar-refractivity contribution >= 4 is 57.4 Å². The molecule has 33 heavy (non-hydrogen) atoms. The molecule has 0 fully saturated rings. The van der Waals surface area contributed by atoms with Gasteiger partial charge in [0.15, 0.2) is 18.1 Å². The molecule has 0 aromatic heterocycles. The van der Waals surface area contributed by atoms with Gasteiger partial charge in [0.1, 0.15) is 0 Å². The molecular formula is C26H22ClIN2O3. The number of methoxy groups -OCH3 is 1. The van der Waals surface area contributed by atoms with Crippen molar-refractivity contribution in [1.82, 2.24) is 0 Å². The second-order valence-electron chi connectivity index (χ2n) is 7.37. The lowest BCUT2D eigenvalue weighted by molar-refractivity contribution is -0.118. The number of rotatable bonds is 7. The predicted molar refractivity (Wildman–Crippen MR) is 141 cm³/mol. The molecule has 0 aliphatic rings. The van der Waals surface area contributed by atoms with E-state index in [0.717, 1.165) is 25.8 Å². The fourth-order valence-electron chi connectivity index (χ4n) is 3.05. The van der Waals surface area contributed by atoms with Crippen LogP contribution in [-0.4, -0.2) is 19.6 Å². The number of benzene rings is 3. The molecule has 0 saturated heterocycles. The predicted octanol–water partition coefficient (Wildman–Crippen LogP) is 6.65. The number of hydrogen-bond acceptors (Lipinski definition) is 4. The van der Waals surface area contributed by atoms with Gasteiger partial charge in [-0.15, -0.1) is 0 Å². The van der Waals surface area contributed by atoms with Crippen LogP contribution in [-0.2, 0) is 4.79 Å². The molecule has 0 heterocycles. The minimum absolute atomic E-state index is 0.195. The Bertz CT molecular complexity index is 1250. The molecular weight excluding hydrogens is 551 g/mol. The molecule has 168 valence electrons. The zero-order valence-corrected chi connectivity index (χ0v) is 21.3. The van der Waals surface area contributed by atoms with Gasteiger partial charge in [-0.3, -0.25) is 4.79 Å². The summed E-state index contributed by atoms with van der Waals surface area (Å²) in [6.45, 7) is 3.70. The van der Waals surface area contributed by atoms with Crippen LogP contribution >= 0.6 is 34.2 Å². The van der Waals surface area contributed by atoms with Gasteiger partial charge in [-0.25, -0.2) is 0 Å². The molecule has 0 bridgehead atoms. The number of halogens is 2. The fraction of sp³-hybridized carbons (Fsp3) is 0.154. The molecule has 3 aromatic rings. The van der Waals surface area contributed by atoms with Crippen LogP contribution in [0.5, 0.6) is 11.5 Å². The minimum Gasteiger partial charge on any atom is -0.493 e. The molecule has 0 aliphatic carbocycles. The Morgan fingerprint density at radius 1 is 1.15 bits per heavy atom. The standard InChI is InChI=1S/C26H22ClIN2O3/c1-16-4-7-19(8-5-16)20(14-29)10-18-11-23(28)26(24(12-18)32-3)33-15-25(31)30-21-9-6-17(2)22(27)13-21/h4-13H,15H2,1-3H3,(H,30,31)/b20-10+. The lowest BCUT2D eigenvalue weighted by Gasteiger charge is -2.14. The first-order valence-corrected chi connectivity index (χ1v) is 11.5. The summed E-state index contributed by atoms with van der Waals surface area (Å²) >= 11 is 8.24. The van der Waals surface area contributed by atoms with E-state index in [2.05, 4.69) is 34.0 Å². The van der Waals surface area contributed by atoms with Gasteiger partial charge in [-0.05, 0) is 83.5 Å². The quantitative estimate of drug-likeness (QED) is 0.195. The number of nitrogens with one attached hydrogen (secondary N) is 1. The van der Waals surface area contributed by atoms with E-state index in [-0.39, 0.29) is 12.5 Å². The van der Waals surface area contributed by atoms with Gasteiger partial charge in [0.2, 0.25) is 0 Å². The minimum atomic E-state index is -0.317. The zero-order valence-electron chi connectivity index (χ0n) is 18.4. The number of nitriles is 1. The van der Waals surface area contributed by atoms with Gasteiger partial charge in [0, 0.05) is 10.7 Å². The highest BCUT2D eigenvalue weighted by Gasteiger charge is 2.14. The molecule has 0 unspecified atom stereocenters. The number of allylic oxidation sites excluding steroid dienone is 1. The molecule has 0 spiro atoms. The van der Waals surface area contributed by atoms with E-state index in [4.69, 9.17) is 21.1 Å². The largest absolute Gasteiger partial charge is 0.493 e. The van der Waals surface area contributed by atoms with Gasteiger partial charge >= 0.3 is 0 Å². The summed E-state index contributed by atoms with van der Waals surface area (Å²) in [7, 11) is 1.53. The Hall–Kier alpha value is -3.02. The van der Waals surface area contributed by atoms with Crippen molar-refractivity contribution in [2.75, 3.05) is 19.0 Å². The Morgan fingerprint density at radius 3 is 2.52 bits per heavy atom. The number of carbonyl (C=O) groups excluding carboxylic acids is 1. The average Bonchev–Trinajstić information content (AvgIpc) is 2.79. The first kappa shape index (κ1) is 24.6. The third-order valence-corrected chi connectivity index (χ3v) is 6.06. The fourth-order valence-corrected chi connectivity index (χ4v) is 4.01. The summed E-state index contributed by atoms with van der Waals surface area (Å²) < 4.78 is 12.0. The van der Waals surface area contributed by atoms with E-state index < -0.39 is 0 Å². The van der Waals surface area contributed by atoms with Crippen molar-refractivity contribution in [2.24, 2.45) is 0 Å². The number of ether oxygens (including phenoxy) is 2. The monoisotopic (exact) mass is 572 g/mol. The molecule has 0 atom stereocenters. The Balaban J connectivity index is 1.77. The summed E-state index contributed by atoms with van der Waals surface area (Å²) in [5.41, 5.74) is 4.83. The number of anilines is 1. The molecule has 1 N–H and O–H groups in total. The van der Waals surface area contributed by atoms with Crippen LogP contribution in [0.1, 0.15) is 22.3 Å². The van der Waals surface area contributed by atoms with Crippen molar-refractivity contribution in [1.29, 1.82) is 5.26 Å². The van der Waals surface area contributed by atoms with E-state index in [1.165, 1.54) is 7.11 Å². The van der Waals surface area contributed by atoms with Crippen LogP contribution in [0.25, 0.3) is 11.6 Å². The molecule has 0 saturated carbocycles. The molecule has 0 aliphatic heterocycles. The zero-order chi connectivity index (χ0) is 24.0. The summed E-state index contributed by atoms with van der Waals surface area (Å²) in [6, 6.07) is 19.0. The van der Waals surface area contributed by atoms with E-state index in [1.807, 2.05) is 50.2 Å². The highest BCUT2D eigenvalue weighted by molar-refractivity contribution is 14.1. The first-order valence-electron chi connectivity index (χ1n) is 10.1. The van der Waals surface area contributed by atoms with Crippen LogP contribution in [0.15, 0.2) is 54.6 Å². The van der Waals surface area contributed by atoms with Crippen molar-refractivity contribution < 1.29 is 14.3 Å². The SMILES string of the molecule is COc1cc(/C=C(\C#N)c2ccc(C)cc2)cc(I)c1OCC(=O)Nc1ccc(C)c(Cl)c1. The van der Waals surface area contributed by atoms with Gasteiger partial charge in [-0.1, -0.05) is 47.5 Å². The number of amides is 1. The molecule has 3 rings (SSSR count). The highest BCUT2D eigenvalue weighted by atomic mass is 127. The van der Waals surface area contributed by atoms with Crippen LogP contribution < -0.4 is 14.8 Å². The second-order valence-corrected chi connectivity index (χ2v) is 8.94. The Labute approximate surface area is 212 Å². The van der Waals surface area contributed by atoms with Gasteiger partial charge in [-0.2, -0.15) is 5.26 Å². The Morgan fingerprint density at radius 2 is 1.88 bits per heavy atom. The van der Waals surface area contributed by atoms with Crippen LogP contribution in [0.4, 0.5) is 5.69 Å². The number of hydrogen-bond donors (Lipinski definition) is 1. The van der Waals surface area contributed by atoms with Gasteiger partial charge in [0.05, 0.1) is 22.3 Å². The summed E-state index contributed by atoms with van der Waals surface area (Å²) in [4.78, 5) is 12.4. The van der Waals surface area contributed by atoms with E-state index in [9.17, 15) is 10.1 Å². The highest BCUT2D eigenvalue weighted by Crippen LogP contribution is 2.35. The van der Waals surface area contributed by atoms with Crippen LogP contribution in [0, 0.1) is 28.7 Å². The normalized spacial score (nSPS) is 11.0. The maximum absolute atomic E-state index is 12.4. The number of nitrogens with zero attached hydrogens (tertiary/aromatic N) is 1. The van der Waals surface area contributed by atoms with Crippen LogP contribution in [0.2, 0.25) is 5.02 Å². The first-order chi connectivity index (χ1) is 15.8. The van der Waals surface area contributed by atoms with Crippen molar-refractivity contribution in [3.05, 3.63) is 85.4 Å². The van der Waals surface area contributed by atoms with Gasteiger partial charge in [0.25, 0.3) is 5.91 Å². The lowest BCUT2D eigenvalue weighted by atomic mass is 10.0. The van der Waals surface area contributed by atoms with E-state index in [1.54, 1.807) is 24.3 Å². The number of aryl methyl sites for hydroxylation is 2. The van der Waals surface area contributed by atoms with Gasteiger partial charge < -0.3 is 14.8 Å². The summed E-state index contributed by atoms with van der Waals surface area (Å²) in [5, 5.41) is 13.0. The van der Waals surface area contributed by atoms with Crippen molar-refractivity contribution in [3.8, 4) is 17.6 Å². The molecule has 7 heteroatoms. The van der Waals surface area contributed by atoms with Crippen molar-refractivity contribution in [3.63, 3.8) is 0 Å².